The van der Waals surface area contributed by atoms with E-state index >= 15 is 0 Å². The third-order valence-corrected chi connectivity index (χ3v) is 8.13. The van der Waals surface area contributed by atoms with E-state index in [0.717, 1.165) is 31.4 Å². The molecule has 3 unspecified atom stereocenters. The molecule has 0 saturated heterocycles. The number of thioether (sulfide) groups is 1. The molecule has 192 valence electrons. The van der Waals surface area contributed by atoms with E-state index in [9.17, 15) is 14.3 Å². The third kappa shape index (κ3) is 17.4. The van der Waals surface area contributed by atoms with Gasteiger partial charge in [-0.1, -0.05) is 97.8 Å². The Hall–Kier alpha value is -0.0700. The first-order valence-electron chi connectivity index (χ1n) is 12.9. The van der Waals surface area contributed by atoms with Gasteiger partial charge in [0.05, 0.1) is 12.7 Å². The normalized spacial score (nSPS) is 15.3. The van der Waals surface area contributed by atoms with Gasteiger partial charge in [-0.3, -0.25) is 9.41 Å². The fraction of sp³-hybridized carbons (Fsp3) is 0.958. The number of hydrogen-bond donors (Lipinski definition) is 1. The van der Waals surface area contributed by atoms with Gasteiger partial charge >= 0.3 is 13.3 Å². The molecule has 0 radical (unpaired) electrons. The molecule has 0 aromatic heterocycles. The Kier molecular flexibility index (Phi) is 21.4. The van der Waals surface area contributed by atoms with Gasteiger partial charge in [-0.15, -0.1) is 0 Å². The van der Waals surface area contributed by atoms with Crippen LogP contribution in [0, 0.1) is 0 Å². The van der Waals surface area contributed by atoms with Gasteiger partial charge in [0.2, 0.25) is 0 Å². The minimum Gasteiger partial charge on any atom is -0.316 e. The number of hydrogen-bond acceptors (Lipinski definition) is 6. The van der Waals surface area contributed by atoms with Gasteiger partial charge in [0.25, 0.3) is 0 Å². The van der Waals surface area contributed by atoms with Crippen molar-refractivity contribution in [2.24, 2.45) is 0 Å². The third-order valence-electron chi connectivity index (χ3n) is 5.40. The van der Waals surface area contributed by atoms with Crippen LogP contribution in [0.25, 0.3) is 0 Å². The Morgan fingerprint density at radius 3 is 1.94 bits per heavy atom. The van der Waals surface area contributed by atoms with Gasteiger partial charge < -0.3 is 4.89 Å². The van der Waals surface area contributed by atoms with Crippen molar-refractivity contribution in [3.8, 4) is 0 Å². The average Bonchev–Trinajstić information content (AvgIpc) is 2.76. The van der Waals surface area contributed by atoms with E-state index in [1.165, 1.54) is 64.2 Å². The van der Waals surface area contributed by atoms with E-state index in [4.69, 9.17) is 4.52 Å². The van der Waals surface area contributed by atoms with Crippen molar-refractivity contribution in [1.82, 2.24) is 0 Å². The first kappa shape index (κ1) is 31.9. The lowest BCUT2D eigenvalue weighted by molar-refractivity contribution is -0.231. The largest absolute Gasteiger partial charge is 0.452 e. The Bertz CT molecular complexity index is 491. The van der Waals surface area contributed by atoms with E-state index in [-0.39, 0.29) is 11.9 Å². The van der Waals surface area contributed by atoms with Crippen LogP contribution in [0.1, 0.15) is 124 Å². The van der Waals surface area contributed by atoms with Crippen molar-refractivity contribution in [1.29, 1.82) is 0 Å². The fourth-order valence-electron chi connectivity index (χ4n) is 3.43. The Morgan fingerprint density at radius 1 is 0.844 bits per heavy atom. The van der Waals surface area contributed by atoms with Crippen molar-refractivity contribution in [3.63, 3.8) is 0 Å². The maximum atomic E-state index is 12.3. The average molecular weight is 497 g/mol. The number of carbonyl (C=O) groups is 1. The number of unbranched alkanes of at least 4 members (excludes halogenated alkanes) is 11. The van der Waals surface area contributed by atoms with Crippen molar-refractivity contribution in [2.75, 3.05) is 12.4 Å². The summed E-state index contributed by atoms with van der Waals surface area (Å²) in [5.74, 6) is 1.00. The van der Waals surface area contributed by atoms with Gasteiger partial charge in [-0.2, -0.15) is 16.6 Å². The zero-order chi connectivity index (χ0) is 24.1. The van der Waals surface area contributed by atoms with Crippen LogP contribution in [0.4, 0.5) is 4.79 Å². The topological polar surface area (TPSA) is 82.1 Å². The molecule has 0 fully saturated rings. The summed E-state index contributed by atoms with van der Waals surface area (Å²) < 4.78 is 17.7. The lowest BCUT2D eigenvalue weighted by atomic mass is 10.1. The summed E-state index contributed by atoms with van der Waals surface area (Å²) >= 11 is 1.80. The second kappa shape index (κ2) is 21.5. The lowest BCUT2D eigenvalue weighted by Gasteiger charge is -2.25. The van der Waals surface area contributed by atoms with Gasteiger partial charge in [-0.25, -0.2) is 9.36 Å². The highest BCUT2D eigenvalue weighted by atomic mass is 32.2. The van der Waals surface area contributed by atoms with Gasteiger partial charge in [0.15, 0.2) is 0 Å². The van der Waals surface area contributed by atoms with E-state index < -0.39 is 19.4 Å². The molecule has 0 amide bonds. The van der Waals surface area contributed by atoms with Crippen LogP contribution >= 0.6 is 19.4 Å². The molecular formula is C24H49O6PS. The van der Waals surface area contributed by atoms with Crippen molar-refractivity contribution in [3.05, 3.63) is 0 Å². The molecule has 0 saturated carbocycles. The zero-order valence-electron chi connectivity index (χ0n) is 21.0. The molecule has 1 N–H and O–H groups in total. The van der Waals surface area contributed by atoms with Crippen molar-refractivity contribution >= 4 is 25.1 Å². The molecule has 0 rings (SSSR count). The molecule has 0 aliphatic heterocycles. The Labute approximate surface area is 201 Å². The van der Waals surface area contributed by atoms with Crippen LogP contribution in [0.15, 0.2) is 0 Å². The zero-order valence-corrected chi connectivity index (χ0v) is 22.7. The van der Waals surface area contributed by atoms with E-state index in [2.05, 4.69) is 23.6 Å². The monoisotopic (exact) mass is 496 g/mol. The second-order valence-electron chi connectivity index (χ2n) is 8.59. The predicted molar refractivity (Wildman–Crippen MR) is 135 cm³/mol. The first-order chi connectivity index (χ1) is 15.4. The summed E-state index contributed by atoms with van der Waals surface area (Å²) in [6, 6.07) is 0. The van der Waals surface area contributed by atoms with Crippen LogP contribution < -0.4 is 0 Å². The first-order valence-corrected chi connectivity index (χ1v) is 15.5. The van der Waals surface area contributed by atoms with Crippen LogP contribution in [-0.2, 0) is 18.9 Å². The lowest BCUT2D eigenvalue weighted by Crippen LogP contribution is -2.24. The molecule has 3 atom stereocenters. The van der Waals surface area contributed by atoms with Gasteiger partial charge in [-0.05, 0) is 31.9 Å². The fourth-order valence-corrected chi connectivity index (χ4v) is 5.68. The van der Waals surface area contributed by atoms with Gasteiger partial charge in [0.1, 0.15) is 0 Å². The molecule has 0 aliphatic rings. The molecule has 8 heteroatoms. The van der Waals surface area contributed by atoms with Crippen molar-refractivity contribution in [2.45, 2.75) is 135 Å². The molecular weight excluding hydrogens is 447 g/mol. The molecule has 0 spiro atoms. The quantitative estimate of drug-likeness (QED) is 0.0655. The van der Waals surface area contributed by atoms with Crippen LogP contribution in [-0.4, -0.2) is 34.3 Å². The standard InChI is InChI=1S/C24H49O6PS/c1-5-8-10-12-13-14-16-18-21-32-23(19-17-15-11-9-6-2)22(4)30-31(26,27)24(25)29-28-20-7-3/h22-23H,5-21H2,1-4H3,(H,26,27). The second-order valence-corrected chi connectivity index (χ2v) is 11.6. The molecule has 0 aromatic carbocycles. The molecule has 0 bridgehead atoms. The minimum atomic E-state index is -4.55. The summed E-state index contributed by atoms with van der Waals surface area (Å²) in [5.41, 5.74) is -1.34. The van der Waals surface area contributed by atoms with Gasteiger partial charge in [0, 0.05) is 5.25 Å². The summed E-state index contributed by atoms with van der Waals surface area (Å²) in [6.07, 6.45) is 17.1. The molecule has 32 heavy (non-hydrogen) atoms. The highest BCUT2D eigenvalue weighted by molar-refractivity contribution is 7.99. The Balaban J connectivity index is 4.49. The smallest absolute Gasteiger partial charge is 0.316 e. The maximum absolute atomic E-state index is 12.3. The SMILES string of the molecule is CCCCCCCCCCSC(CCCCCCC)C(C)OP(=O)(O)C(=O)OOCCC. The summed E-state index contributed by atoms with van der Waals surface area (Å²) in [7, 11) is -4.55. The number of rotatable bonds is 23. The van der Waals surface area contributed by atoms with Crippen LogP contribution in [0.5, 0.6) is 0 Å². The summed E-state index contributed by atoms with van der Waals surface area (Å²) in [6.45, 7) is 8.23. The van der Waals surface area contributed by atoms with Crippen molar-refractivity contribution < 1.29 is 28.6 Å². The highest BCUT2D eigenvalue weighted by Crippen LogP contribution is 2.47. The predicted octanol–water partition coefficient (Wildman–Crippen LogP) is 8.66. The summed E-state index contributed by atoms with van der Waals surface area (Å²) in [4.78, 5) is 31.0. The minimum absolute atomic E-state index is 0.0750. The Morgan fingerprint density at radius 2 is 1.38 bits per heavy atom. The van der Waals surface area contributed by atoms with Crippen LogP contribution in [0.3, 0.4) is 0 Å². The molecule has 6 nitrogen and oxygen atoms in total. The molecule has 0 aromatic rings. The summed E-state index contributed by atoms with van der Waals surface area (Å²) in [5, 5.41) is 0.0750. The van der Waals surface area contributed by atoms with E-state index in [0.29, 0.717) is 6.42 Å². The highest BCUT2D eigenvalue weighted by Gasteiger charge is 2.38. The van der Waals surface area contributed by atoms with E-state index in [1.54, 1.807) is 18.7 Å². The van der Waals surface area contributed by atoms with E-state index in [1.807, 2.05) is 6.92 Å². The molecule has 0 heterocycles. The maximum Gasteiger partial charge on any atom is 0.452 e. The van der Waals surface area contributed by atoms with Crippen LogP contribution in [0.2, 0.25) is 0 Å². The number of carbonyl (C=O) groups excluding carboxylic acids is 1. The molecule has 0 aliphatic carbocycles.